The molecule has 0 spiro atoms. The van der Waals surface area contributed by atoms with Gasteiger partial charge >= 0.3 is 0 Å². The molecule has 2 heterocycles. The Labute approximate surface area is 419 Å². The number of para-hydroxylation sites is 2. The van der Waals surface area contributed by atoms with Gasteiger partial charge in [0.25, 0.3) is 0 Å². The van der Waals surface area contributed by atoms with Crippen molar-refractivity contribution in [2.24, 2.45) is 0 Å². The molecule has 70 heavy (non-hydrogen) atoms. The van der Waals surface area contributed by atoms with Gasteiger partial charge < -0.3 is 9.80 Å². The molecular formula is C66H52N2S2. The van der Waals surface area contributed by atoms with Crippen molar-refractivity contribution in [2.75, 3.05) is 9.80 Å². The van der Waals surface area contributed by atoms with E-state index in [9.17, 15) is 0 Å². The summed E-state index contributed by atoms with van der Waals surface area (Å²) in [5.41, 5.74) is 22.0. The average Bonchev–Trinajstić information content (AvgIpc) is 3.95. The molecule has 338 valence electrons. The van der Waals surface area contributed by atoms with E-state index in [0.717, 1.165) is 22.7 Å². The number of hydrogen-bond acceptors (Lipinski definition) is 4. The van der Waals surface area contributed by atoms with Crippen molar-refractivity contribution < 1.29 is 0 Å². The Kier molecular flexibility index (Phi) is 11.0. The monoisotopic (exact) mass is 936 g/mol. The average molecular weight is 937 g/mol. The Bertz CT molecular complexity index is 3660. The molecule has 0 radical (unpaired) electrons. The van der Waals surface area contributed by atoms with E-state index in [-0.39, 0.29) is 0 Å². The number of thiophene rings is 2. The van der Waals surface area contributed by atoms with Crippen LogP contribution in [0.25, 0.3) is 73.7 Å². The predicted octanol–water partition coefficient (Wildman–Crippen LogP) is 20.2. The first kappa shape index (κ1) is 43.5. The van der Waals surface area contributed by atoms with Crippen LogP contribution in [0.4, 0.5) is 34.1 Å². The second-order valence-corrected chi connectivity index (χ2v) is 20.9. The lowest BCUT2D eigenvalue weighted by Crippen LogP contribution is -2.13. The van der Waals surface area contributed by atoms with Crippen LogP contribution in [0.3, 0.4) is 0 Å². The van der Waals surface area contributed by atoms with E-state index in [1.807, 2.05) is 22.7 Å². The van der Waals surface area contributed by atoms with Crippen LogP contribution in [0.5, 0.6) is 0 Å². The Hall–Kier alpha value is -7.76. The maximum absolute atomic E-state index is 2.43. The van der Waals surface area contributed by atoms with Gasteiger partial charge in [0.05, 0.1) is 0 Å². The molecule has 0 aliphatic heterocycles. The molecule has 0 saturated carbocycles. The highest BCUT2D eigenvalue weighted by atomic mass is 32.1. The lowest BCUT2D eigenvalue weighted by atomic mass is 9.88. The number of nitrogens with zero attached hydrogens (tertiary/aromatic N) is 2. The molecule has 0 bridgehead atoms. The van der Waals surface area contributed by atoms with Crippen LogP contribution in [0.1, 0.15) is 33.4 Å². The van der Waals surface area contributed by atoms with E-state index in [4.69, 9.17) is 0 Å². The zero-order chi connectivity index (χ0) is 47.6. The topological polar surface area (TPSA) is 6.48 Å². The van der Waals surface area contributed by atoms with Crippen LogP contribution in [0.2, 0.25) is 0 Å². The van der Waals surface area contributed by atoms with Crippen LogP contribution in [-0.4, -0.2) is 0 Å². The minimum Gasteiger partial charge on any atom is -0.310 e. The second-order valence-electron chi connectivity index (χ2n) is 18.8. The first-order chi connectivity index (χ1) is 34.2. The molecule has 0 aliphatic carbocycles. The normalized spacial score (nSPS) is 11.6. The third-order valence-electron chi connectivity index (χ3n) is 14.2. The van der Waals surface area contributed by atoms with Gasteiger partial charge in [0.1, 0.15) is 0 Å². The first-order valence-corrected chi connectivity index (χ1v) is 25.8. The number of fused-ring (bicyclic) bond motifs is 6. The predicted molar refractivity (Wildman–Crippen MR) is 306 cm³/mol. The van der Waals surface area contributed by atoms with Crippen LogP contribution in [0.15, 0.2) is 206 Å². The molecule has 0 saturated heterocycles. The van der Waals surface area contributed by atoms with E-state index in [0.29, 0.717) is 0 Å². The molecule has 10 aromatic carbocycles. The molecule has 2 nitrogen and oxygen atoms in total. The summed E-state index contributed by atoms with van der Waals surface area (Å²) in [4.78, 5) is 4.86. The standard InChI is InChI=1S/C66H52N2S2/c1-41-17-7-11-25-59(41)67(49-33-29-47(30-34-49)53-21-15-23-57-55-19-9-13-27-61(55)69-65(53)57)51-37-43(3)63(44(4)38-51)64-45(5)39-52(40-46(64)6)68(60-26-12-8-18-42(60)2)50-35-31-48(32-36-50)54-22-16-24-58-56-20-10-14-28-62(56)70-66(54)58/h7-40H,1-6H3. The van der Waals surface area contributed by atoms with Gasteiger partial charge in [0.2, 0.25) is 0 Å². The summed E-state index contributed by atoms with van der Waals surface area (Å²) < 4.78 is 5.32. The summed E-state index contributed by atoms with van der Waals surface area (Å²) in [6.07, 6.45) is 0. The van der Waals surface area contributed by atoms with Gasteiger partial charge in [-0.3, -0.25) is 0 Å². The van der Waals surface area contributed by atoms with Gasteiger partial charge in [-0.05, 0) is 181 Å². The Morgan fingerprint density at radius 1 is 0.286 bits per heavy atom. The lowest BCUT2D eigenvalue weighted by Gasteiger charge is -2.30. The summed E-state index contributed by atoms with van der Waals surface area (Å²) in [6, 6.07) is 76.3. The van der Waals surface area contributed by atoms with E-state index >= 15 is 0 Å². The van der Waals surface area contributed by atoms with Crippen molar-refractivity contribution in [3.8, 4) is 33.4 Å². The van der Waals surface area contributed by atoms with Crippen molar-refractivity contribution in [3.05, 3.63) is 240 Å². The van der Waals surface area contributed by atoms with Crippen LogP contribution in [0, 0.1) is 41.5 Å². The zero-order valence-electron chi connectivity index (χ0n) is 40.3. The maximum atomic E-state index is 2.43. The summed E-state index contributed by atoms with van der Waals surface area (Å²) in [7, 11) is 0. The Morgan fingerprint density at radius 3 is 1.01 bits per heavy atom. The molecule has 12 aromatic rings. The van der Waals surface area contributed by atoms with Gasteiger partial charge in [0, 0.05) is 74.5 Å². The number of hydrogen-bond donors (Lipinski definition) is 0. The van der Waals surface area contributed by atoms with E-state index in [1.165, 1.54) is 118 Å². The molecule has 12 rings (SSSR count). The SMILES string of the molecule is Cc1ccccc1N(c1ccc(-c2cccc3c2sc2ccccc23)cc1)c1cc(C)c(-c2c(C)cc(N(c3ccc(-c4cccc5c4sc4ccccc45)cc3)c3ccccc3C)cc2C)c(C)c1. The molecule has 4 heteroatoms. The molecule has 0 atom stereocenters. The quantitative estimate of drug-likeness (QED) is 0.142. The molecule has 2 aromatic heterocycles. The largest absolute Gasteiger partial charge is 0.310 e. The smallest absolute Gasteiger partial charge is 0.0490 e. The van der Waals surface area contributed by atoms with Crippen LogP contribution >= 0.6 is 22.7 Å². The van der Waals surface area contributed by atoms with E-state index in [2.05, 4.69) is 258 Å². The van der Waals surface area contributed by atoms with E-state index in [1.54, 1.807) is 0 Å². The van der Waals surface area contributed by atoms with Crippen molar-refractivity contribution >= 4 is 97.1 Å². The van der Waals surface area contributed by atoms with Crippen molar-refractivity contribution in [1.29, 1.82) is 0 Å². The number of aryl methyl sites for hydroxylation is 6. The third kappa shape index (κ3) is 7.47. The number of benzene rings is 10. The molecule has 0 amide bonds. The van der Waals surface area contributed by atoms with Gasteiger partial charge in [0.15, 0.2) is 0 Å². The van der Waals surface area contributed by atoms with Gasteiger partial charge in [-0.15, -0.1) is 22.7 Å². The lowest BCUT2D eigenvalue weighted by molar-refractivity contribution is 1.22. The van der Waals surface area contributed by atoms with E-state index < -0.39 is 0 Å². The fourth-order valence-electron chi connectivity index (χ4n) is 10.9. The highest BCUT2D eigenvalue weighted by molar-refractivity contribution is 7.26. The minimum absolute atomic E-state index is 1.13. The fourth-order valence-corrected chi connectivity index (χ4v) is 13.4. The van der Waals surface area contributed by atoms with Crippen molar-refractivity contribution in [3.63, 3.8) is 0 Å². The molecular weight excluding hydrogens is 885 g/mol. The first-order valence-electron chi connectivity index (χ1n) is 24.2. The second kappa shape index (κ2) is 17.6. The van der Waals surface area contributed by atoms with Crippen LogP contribution in [-0.2, 0) is 0 Å². The summed E-state index contributed by atoms with van der Waals surface area (Å²) in [5.74, 6) is 0. The van der Waals surface area contributed by atoms with Crippen molar-refractivity contribution in [1.82, 2.24) is 0 Å². The Morgan fingerprint density at radius 2 is 0.629 bits per heavy atom. The highest BCUT2D eigenvalue weighted by Gasteiger charge is 2.23. The molecule has 0 fully saturated rings. The summed E-state index contributed by atoms with van der Waals surface area (Å²) in [5, 5.41) is 5.29. The maximum Gasteiger partial charge on any atom is 0.0490 e. The van der Waals surface area contributed by atoms with Gasteiger partial charge in [-0.2, -0.15) is 0 Å². The minimum atomic E-state index is 1.13. The number of anilines is 6. The summed E-state index contributed by atoms with van der Waals surface area (Å²) >= 11 is 3.76. The van der Waals surface area contributed by atoms with Gasteiger partial charge in [-0.1, -0.05) is 133 Å². The number of rotatable bonds is 9. The van der Waals surface area contributed by atoms with Crippen molar-refractivity contribution in [2.45, 2.75) is 41.5 Å². The summed E-state index contributed by atoms with van der Waals surface area (Å²) in [6.45, 7) is 13.5. The molecule has 0 N–H and O–H groups in total. The van der Waals surface area contributed by atoms with Crippen LogP contribution < -0.4 is 9.80 Å². The fraction of sp³-hybridized carbons (Fsp3) is 0.0909. The zero-order valence-corrected chi connectivity index (χ0v) is 42.0. The molecule has 0 aliphatic rings. The molecule has 0 unspecified atom stereocenters. The Balaban J connectivity index is 0.909. The van der Waals surface area contributed by atoms with Gasteiger partial charge in [-0.25, -0.2) is 0 Å². The third-order valence-corrected chi connectivity index (χ3v) is 16.6. The highest BCUT2D eigenvalue weighted by Crippen LogP contribution is 2.47.